The zero-order chi connectivity index (χ0) is 26.4. The zero-order valence-corrected chi connectivity index (χ0v) is 24.2. The van der Waals surface area contributed by atoms with Gasteiger partial charge in [-0.3, -0.25) is 4.79 Å². The number of halogens is 3. The van der Waals surface area contributed by atoms with Gasteiger partial charge in [0.05, 0.1) is 22.2 Å². The van der Waals surface area contributed by atoms with Gasteiger partial charge in [-0.25, -0.2) is 0 Å². The van der Waals surface area contributed by atoms with Gasteiger partial charge in [-0.15, -0.1) is 0 Å². The molecule has 0 N–H and O–H groups in total. The van der Waals surface area contributed by atoms with Crippen LogP contribution in [0.25, 0.3) is 16.6 Å². The van der Waals surface area contributed by atoms with Crippen LogP contribution in [0.1, 0.15) is 49.2 Å². The van der Waals surface area contributed by atoms with Crippen molar-refractivity contribution in [3.8, 4) is 16.9 Å². The van der Waals surface area contributed by atoms with Crippen molar-refractivity contribution in [2.24, 2.45) is 0 Å². The second-order valence-electron chi connectivity index (χ2n) is 9.02. The van der Waals surface area contributed by atoms with Gasteiger partial charge in [0.15, 0.2) is 0 Å². The minimum Gasteiger partial charge on any atom is -0.492 e. The third-order valence-electron chi connectivity index (χ3n) is 6.26. The molecule has 0 aliphatic carbocycles. The van der Waals surface area contributed by atoms with E-state index in [1.807, 2.05) is 53.1 Å². The fraction of sp³-hybridized carbons (Fsp3) is 0.300. The van der Waals surface area contributed by atoms with Crippen molar-refractivity contribution < 1.29 is 9.53 Å². The summed E-state index contributed by atoms with van der Waals surface area (Å²) in [6.45, 7) is 8.18. The lowest BCUT2D eigenvalue weighted by molar-refractivity contribution is 0.103. The summed E-state index contributed by atoms with van der Waals surface area (Å²) in [7, 11) is 0. The SMILES string of the molecule is CCCN(CCC)CCCOc1ccc(C(=O)c2c(-c3cccc(Br)c3)c(Cl)c3ccccn23)cc1Cl. The standard InChI is InChI=1S/C30H31BrCl2N2O2/c1-3-14-34(15-4-2)16-8-18-37-26-13-12-22(20-24(26)32)30(36)29-27(21-9-7-10-23(31)19-21)28(33)25-11-5-6-17-35(25)29/h5-7,9-13,17,19-20H,3-4,8,14-16,18H2,1-2H3. The van der Waals surface area contributed by atoms with Gasteiger partial charge in [-0.1, -0.05) is 71.2 Å². The van der Waals surface area contributed by atoms with Gasteiger partial charge >= 0.3 is 0 Å². The van der Waals surface area contributed by atoms with Crippen molar-refractivity contribution in [2.45, 2.75) is 33.1 Å². The van der Waals surface area contributed by atoms with Crippen LogP contribution in [0.5, 0.6) is 5.75 Å². The Balaban J connectivity index is 1.58. The molecule has 194 valence electrons. The maximum absolute atomic E-state index is 13.9. The molecule has 37 heavy (non-hydrogen) atoms. The molecular weight excluding hydrogens is 571 g/mol. The highest BCUT2D eigenvalue weighted by Crippen LogP contribution is 2.39. The quantitative estimate of drug-likeness (QED) is 0.120. The van der Waals surface area contributed by atoms with Gasteiger partial charge < -0.3 is 14.0 Å². The molecule has 0 unspecified atom stereocenters. The molecule has 4 nitrogen and oxygen atoms in total. The largest absolute Gasteiger partial charge is 0.492 e. The van der Waals surface area contributed by atoms with Crippen LogP contribution in [0.15, 0.2) is 71.3 Å². The fourth-order valence-electron chi connectivity index (χ4n) is 4.63. The number of pyridine rings is 1. The lowest BCUT2D eigenvalue weighted by Crippen LogP contribution is -2.27. The summed E-state index contributed by atoms with van der Waals surface area (Å²) in [5.41, 5.74) is 3.30. The number of rotatable bonds is 12. The molecule has 0 spiro atoms. The van der Waals surface area contributed by atoms with Gasteiger partial charge in [0.25, 0.3) is 0 Å². The predicted octanol–water partition coefficient (Wildman–Crippen LogP) is 8.80. The van der Waals surface area contributed by atoms with Crippen molar-refractivity contribution in [3.63, 3.8) is 0 Å². The summed E-state index contributed by atoms with van der Waals surface area (Å²) in [5, 5.41) is 0.953. The Morgan fingerprint density at radius 2 is 1.76 bits per heavy atom. The number of hydrogen-bond donors (Lipinski definition) is 0. The first-order valence-corrected chi connectivity index (χ1v) is 14.2. The second-order valence-corrected chi connectivity index (χ2v) is 10.7. The third kappa shape index (κ3) is 6.40. The lowest BCUT2D eigenvalue weighted by atomic mass is 10.00. The molecule has 0 amide bonds. The molecule has 2 aromatic heterocycles. The van der Waals surface area contributed by atoms with Gasteiger partial charge in [0.2, 0.25) is 5.78 Å². The first-order valence-electron chi connectivity index (χ1n) is 12.7. The Kier molecular flexibility index (Phi) is 9.71. The Labute approximate surface area is 237 Å². The van der Waals surface area contributed by atoms with Crippen molar-refractivity contribution in [1.82, 2.24) is 9.30 Å². The Hall–Kier alpha value is -2.31. The van der Waals surface area contributed by atoms with Crippen LogP contribution in [0, 0.1) is 0 Å². The highest BCUT2D eigenvalue weighted by atomic mass is 79.9. The summed E-state index contributed by atoms with van der Waals surface area (Å²) < 4.78 is 8.72. The van der Waals surface area contributed by atoms with Crippen molar-refractivity contribution >= 4 is 50.4 Å². The Bertz CT molecular complexity index is 1380. The fourth-order valence-corrected chi connectivity index (χ4v) is 5.62. The van der Waals surface area contributed by atoms with E-state index in [-0.39, 0.29) is 5.78 Å². The maximum Gasteiger partial charge on any atom is 0.210 e. The van der Waals surface area contributed by atoms with Crippen molar-refractivity contribution in [2.75, 3.05) is 26.2 Å². The lowest BCUT2D eigenvalue weighted by Gasteiger charge is -2.20. The molecule has 4 aromatic rings. The summed E-state index contributed by atoms with van der Waals surface area (Å²) in [6, 6.07) is 18.7. The van der Waals surface area contributed by atoms with E-state index < -0.39 is 0 Å². The molecule has 2 aromatic carbocycles. The van der Waals surface area contributed by atoms with E-state index >= 15 is 0 Å². The molecular formula is C30H31BrCl2N2O2. The monoisotopic (exact) mass is 600 g/mol. The van der Waals surface area contributed by atoms with Crippen LogP contribution in [-0.2, 0) is 0 Å². The van der Waals surface area contributed by atoms with Gasteiger partial charge in [0.1, 0.15) is 11.4 Å². The predicted molar refractivity (Wildman–Crippen MR) is 158 cm³/mol. The number of ether oxygens (including phenoxy) is 1. The Morgan fingerprint density at radius 3 is 2.46 bits per heavy atom. The highest BCUT2D eigenvalue weighted by molar-refractivity contribution is 9.10. The first-order chi connectivity index (χ1) is 17.9. The minimum absolute atomic E-state index is 0.161. The average Bonchev–Trinajstić information content (AvgIpc) is 3.19. The summed E-state index contributed by atoms with van der Waals surface area (Å²) >= 11 is 16.9. The summed E-state index contributed by atoms with van der Waals surface area (Å²) in [4.78, 5) is 16.3. The number of ketones is 1. The first kappa shape index (κ1) is 27.7. The number of nitrogens with zero attached hydrogens (tertiary/aromatic N) is 2. The molecule has 0 fully saturated rings. The minimum atomic E-state index is -0.161. The third-order valence-corrected chi connectivity index (χ3v) is 7.43. The molecule has 2 heterocycles. The van der Waals surface area contributed by atoms with E-state index in [9.17, 15) is 4.79 Å². The van der Waals surface area contributed by atoms with Crippen LogP contribution in [0.3, 0.4) is 0 Å². The Morgan fingerprint density at radius 1 is 0.973 bits per heavy atom. The van der Waals surface area contributed by atoms with E-state index in [0.29, 0.717) is 39.2 Å². The second kappa shape index (κ2) is 13.0. The van der Waals surface area contributed by atoms with Crippen LogP contribution in [0.2, 0.25) is 10.0 Å². The molecule has 0 aliphatic heterocycles. The normalized spacial score (nSPS) is 11.4. The van der Waals surface area contributed by atoms with E-state index in [2.05, 4.69) is 34.7 Å². The molecule has 0 aliphatic rings. The molecule has 0 atom stereocenters. The van der Waals surface area contributed by atoms with Crippen LogP contribution >= 0.6 is 39.1 Å². The molecule has 0 saturated heterocycles. The molecule has 0 saturated carbocycles. The van der Waals surface area contributed by atoms with Crippen LogP contribution in [-0.4, -0.2) is 41.3 Å². The molecule has 7 heteroatoms. The molecule has 4 rings (SSSR count). The molecule has 0 radical (unpaired) electrons. The number of carbonyl (C=O) groups excluding carboxylic acids is 1. The summed E-state index contributed by atoms with van der Waals surface area (Å²) in [6.07, 6.45) is 5.07. The number of carbonyl (C=O) groups is 1. The van der Waals surface area contributed by atoms with Crippen molar-refractivity contribution in [3.05, 3.63) is 92.6 Å². The van der Waals surface area contributed by atoms with Gasteiger partial charge in [-0.2, -0.15) is 0 Å². The maximum atomic E-state index is 13.9. The topological polar surface area (TPSA) is 34.0 Å². The van der Waals surface area contributed by atoms with Gasteiger partial charge in [-0.05, 0) is 80.4 Å². The smallest absolute Gasteiger partial charge is 0.210 e. The van der Waals surface area contributed by atoms with Gasteiger partial charge in [0, 0.05) is 28.3 Å². The summed E-state index contributed by atoms with van der Waals surface area (Å²) in [5.74, 6) is 0.423. The average molecular weight is 602 g/mol. The highest BCUT2D eigenvalue weighted by Gasteiger charge is 2.25. The number of aromatic nitrogens is 1. The van der Waals surface area contributed by atoms with Crippen LogP contribution < -0.4 is 4.74 Å². The molecule has 0 bridgehead atoms. The zero-order valence-electron chi connectivity index (χ0n) is 21.1. The van der Waals surface area contributed by atoms with E-state index in [1.165, 1.54) is 0 Å². The number of hydrogen-bond acceptors (Lipinski definition) is 3. The number of fused-ring (bicyclic) bond motifs is 1. The van der Waals surface area contributed by atoms with Crippen molar-refractivity contribution in [1.29, 1.82) is 0 Å². The van der Waals surface area contributed by atoms with E-state index in [0.717, 1.165) is 54.4 Å². The van der Waals surface area contributed by atoms with E-state index in [1.54, 1.807) is 18.2 Å². The number of benzene rings is 2. The van der Waals surface area contributed by atoms with Crippen LogP contribution in [0.4, 0.5) is 0 Å². The van der Waals surface area contributed by atoms with E-state index in [4.69, 9.17) is 27.9 Å².